The molecule has 0 saturated carbocycles. The molecule has 0 bridgehead atoms. The van der Waals surface area contributed by atoms with E-state index in [0.29, 0.717) is 21.9 Å². The molecular weight excluding hydrogens is 358 g/mol. The molecule has 0 atom stereocenters. The molecule has 0 spiro atoms. The van der Waals surface area contributed by atoms with E-state index in [0.717, 1.165) is 20.8 Å². The molecule has 0 saturated heterocycles. The van der Waals surface area contributed by atoms with E-state index in [1.54, 1.807) is 18.8 Å². The molecule has 0 unspecified atom stereocenters. The minimum atomic E-state index is -0.378. The van der Waals surface area contributed by atoms with Crippen LogP contribution in [-0.2, 0) is 19.8 Å². The summed E-state index contributed by atoms with van der Waals surface area (Å²) in [5.74, 6) is 0.645. The smallest absolute Gasteiger partial charge is 0.332 e. The van der Waals surface area contributed by atoms with Gasteiger partial charge in [-0.05, 0) is 12.1 Å². The highest BCUT2D eigenvalue weighted by atomic mass is 32.2. The van der Waals surface area contributed by atoms with Crippen LogP contribution in [0.2, 0.25) is 0 Å². The molecule has 3 aromatic heterocycles. The second-order valence-electron chi connectivity index (χ2n) is 5.66. The van der Waals surface area contributed by atoms with Gasteiger partial charge >= 0.3 is 5.69 Å². The van der Waals surface area contributed by atoms with Gasteiger partial charge in [-0.15, -0.1) is 23.1 Å². The number of hydrogen-bond donors (Lipinski definition) is 1. The number of nitrogen functional groups attached to an aromatic ring is 1. The molecule has 4 aromatic rings. The number of fused-ring (bicyclic) bond motifs is 3. The summed E-state index contributed by atoms with van der Waals surface area (Å²) in [7, 11) is 3.11. The average Bonchev–Trinajstić information content (AvgIpc) is 3.17. The first-order valence-corrected chi connectivity index (χ1v) is 9.37. The van der Waals surface area contributed by atoms with Gasteiger partial charge in [-0.1, -0.05) is 12.1 Å². The van der Waals surface area contributed by atoms with Crippen molar-refractivity contribution in [1.29, 1.82) is 0 Å². The Morgan fingerprint density at radius 1 is 1.20 bits per heavy atom. The Balaban J connectivity index is 1.88. The van der Waals surface area contributed by atoms with Crippen molar-refractivity contribution in [2.75, 3.05) is 5.73 Å². The molecule has 0 aliphatic carbocycles. The lowest BCUT2D eigenvalue weighted by Crippen LogP contribution is -2.37. The average molecular weight is 373 g/mol. The van der Waals surface area contributed by atoms with Crippen LogP contribution in [-0.4, -0.2) is 18.5 Å². The number of hydrogen-bond acceptors (Lipinski definition) is 6. The third kappa shape index (κ3) is 2.38. The lowest BCUT2D eigenvalue weighted by atomic mass is 10.3. The number of aryl methyl sites for hydroxylation is 1. The Bertz CT molecular complexity index is 1230. The van der Waals surface area contributed by atoms with Crippen LogP contribution in [0.4, 0.5) is 5.69 Å². The van der Waals surface area contributed by atoms with Crippen LogP contribution < -0.4 is 17.0 Å². The zero-order valence-electron chi connectivity index (χ0n) is 13.6. The molecule has 0 amide bonds. The minimum absolute atomic E-state index is 0.338. The highest BCUT2D eigenvalue weighted by Crippen LogP contribution is 2.30. The minimum Gasteiger partial charge on any atom is -0.398 e. The number of anilines is 1. The van der Waals surface area contributed by atoms with Crippen molar-refractivity contribution in [3.05, 3.63) is 56.2 Å². The predicted octanol–water partition coefficient (Wildman–Crippen LogP) is 1.82. The maximum atomic E-state index is 12.6. The van der Waals surface area contributed by atoms with Gasteiger partial charge in [-0.3, -0.25) is 18.3 Å². The zero-order valence-corrected chi connectivity index (χ0v) is 15.2. The van der Waals surface area contributed by atoms with E-state index in [1.807, 2.05) is 34.0 Å². The SMILES string of the molecule is Cn1c(=O)c2c(nc3scc(CSc4ccccc4N)n32)n(C)c1=O. The van der Waals surface area contributed by atoms with Crippen LogP contribution in [0.15, 0.2) is 44.1 Å². The van der Waals surface area contributed by atoms with E-state index in [1.165, 1.54) is 23.0 Å². The van der Waals surface area contributed by atoms with E-state index in [9.17, 15) is 9.59 Å². The maximum Gasteiger partial charge on any atom is 0.332 e. The number of nitrogens with two attached hydrogens (primary N) is 1. The van der Waals surface area contributed by atoms with Gasteiger partial charge in [0.25, 0.3) is 5.56 Å². The Labute approximate surface area is 150 Å². The highest BCUT2D eigenvalue weighted by molar-refractivity contribution is 7.98. The molecule has 128 valence electrons. The number of benzene rings is 1. The van der Waals surface area contributed by atoms with Gasteiger partial charge in [0.05, 0.1) is 0 Å². The third-order valence-corrected chi connectivity index (χ3v) is 6.11. The topological polar surface area (TPSA) is 87.3 Å². The molecule has 0 aliphatic heterocycles. The summed E-state index contributed by atoms with van der Waals surface area (Å²) in [5, 5.41) is 1.98. The third-order valence-electron chi connectivity index (χ3n) is 4.11. The quantitative estimate of drug-likeness (QED) is 0.437. The molecule has 3 heterocycles. The maximum absolute atomic E-state index is 12.6. The fourth-order valence-electron chi connectivity index (χ4n) is 2.76. The standard InChI is InChI=1S/C16H15N5O2S2/c1-19-13-12(14(22)20(2)16(19)23)21-9(8-25-15(21)18-13)7-24-11-6-4-3-5-10(11)17/h3-6,8H,7,17H2,1-2H3. The fraction of sp³-hybridized carbons (Fsp3) is 0.188. The van der Waals surface area contributed by atoms with Crippen molar-refractivity contribution in [2.45, 2.75) is 10.6 Å². The van der Waals surface area contributed by atoms with Crippen molar-refractivity contribution in [3.63, 3.8) is 0 Å². The lowest BCUT2D eigenvalue weighted by molar-refractivity contribution is 0.707. The summed E-state index contributed by atoms with van der Waals surface area (Å²) in [4.78, 5) is 30.9. The second kappa shape index (κ2) is 5.78. The van der Waals surface area contributed by atoms with Crippen LogP contribution in [0.25, 0.3) is 16.1 Å². The first-order chi connectivity index (χ1) is 12.0. The normalized spacial score (nSPS) is 11.6. The van der Waals surface area contributed by atoms with Crippen molar-refractivity contribution in [3.8, 4) is 0 Å². The summed E-state index contributed by atoms with van der Waals surface area (Å²) >= 11 is 3.06. The van der Waals surface area contributed by atoms with Gasteiger partial charge in [0.2, 0.25) is 0 Å². The number of aromatic nitrogens is 4. The summed E-state index contributed by atoms with van der Waals surface area (Å²) in [5.41, 5.74) is 7.79. The molecule has 0 radical (unpaired) electrons. The molecule has 9 heteroatoms. The molecule has 4 rings (SSSR count). The van der Waals surface area contributed by atoms with Crippen LogP contribution in [0.1, 0.15) is 5.69 Å². The molecule has 2 N–H and O–H groups in total. The monoisotopic (exact) mass is 373 g/mol. The number of para-hydroxylation sites is 1. The molecule has 7 nitrogen and oxygen atoms in total. The van der Waals surface area contributed by atoms with E-state index >= 15 is 0 Å². The number of thiazole rings is 1. The number of nitrogens with zero attached hydrogens (tertiary/aromatic N) is 4. The number of thioether (sulfide) groups is 1. The largest absolute Gasteiger partial charge is 0.398 e. The molecular formula is C16H15N5O2S2. The van der Waals surface area contributed by atoms with Gasteiger partial charge in [0.1, 0.15) is 0 Å². The van der Waals surface area contributed by atoms with Crippen LogP contribution >= 0.6 is 23.1 Å². The van der Waals surface area contributed by atoms with Crippen LogP contribution in [0.3, 0.4) is 0 Å². The summed E-state index contributed by atoms with van der Waals surface area (Å²) in [6, 6.07) is 7.68. The van der Waals surface area contributed by atoms with E-state index in [2.05, 4.69) is 4.98 Å². The number of rotatable bonds is 3. The Kier molecular flexibility index (Phi) is 3.69. The van der Waals surface area contributed by atoms with Gasteiger partial charge in [-0.25, -0.2) is 9.78 Å². The second-order valence-corrected chi connectivity index (χ2v) is 7.52. The fourth-order valence-corrected chi connectivity index (χ4v) is 4.67. The zero-order chi connectivity index (χ0) is 17.7. The van der Waals surface area contributed by atoms with Crippen molar-refractivity contribution in [2.24, 2.45) is 14.1 Å². The van der Waals surface area contributed by atoms with Crippen molar-refractivity contribution < 1.29 is 0 Å². The van der Waals surface area contributed by atoms with Gasteiger partial charge in [0, 0.05) is 41.5 Å². The Morgan fingerprint density at radius 2 is 1.96 bits per heavy atom. The van der Waals surface area contributed by atoms with Gasteiger partial charge < -0.3 is 5.73 Å². The Morgan fingerprint density at radius 3 is 2.72 bits per heavy atom. The highest BCUT2D eigenvalue weighted by Gasteiger charge is 2.18. The van der Waals surface area contributed by atoms with Crippen LogP contribution in [0.5, 0.6) is 0 Å². The summed E-state index contributed by atoms with van der Waals surface area (Å²) < 4.78 is 4.36. The van der Waals surface area contributed by atoms with Gasteiger partial charge in [0.15, 0.2) is 16.1 Å². The first kappa shape index (κ1) is 16.0. The van der Waals surface area contributed by atoms with E-state index in [4.69, 9.17) is 5.73 Å². The first-order valence-electron chi connectivity index (χ1n) is 7.51. The van der Waals surface area contributed by atoms with Crippen molar-refractivity contribution >= 4 is 44.9 Å². The lowest BCUT2D eigenvalue weighted by Gasteiger charge is -2.06. The molecule has 0 fully saturated rings. The molecule has 25 heavy (non-hydrogen) atoms. The molecule has 1 aromatic carbocycles. The Hall–Kier alpha value is -2.52. The van der Waals surface area contributed by atoms with E-state index in [-0.39, 0.29) is 11.2 Å². The predicted molar refractivity (Wildman–Crippen MR) is 101 cm³/mol. The van der Waals surface area contributed by atoms with Crippen molar-refractivity contribution in [1.82, 2.24) is 18.5 Å². The van der Waals surface area contributed by atoms with Gasteiger partial charge in [-0.2, -0.15) is 0 Å². The number of imidazole rings is 1. The molecule has 0 aliphatic rings. The van der Waals surface area contributed by atoms with Crippen LogP contribution in [0, 0.1) is 0 Å². The summed E-state index contributed by atoms with van der Waals surface area (Å²) in [6.45, 7) is 0. The van der Waals surface area contributed by atoms with E-state index < -0.39 is 0 Å². The summed E-state index contributed by atoms with van der Waals surface area (Å²) in [6.07, 6.45) is 0.